The molecule has 0 saturated heterocycles. The summed E-state index contributed by atoms with van der Waals surface area (Å²) in [5.41, 5.74) is 25.9. The fraction of sp³-hybridized carbons (Fsp3) is 0.185. The van der Waals surface area contributed by atoms with Gasteiger partial charge < -0.3 is 67.1 Å². The lowest BCUT2D eigenvalue weighted by molar-refractivity contribution is -0.132. The van der Waals surface area contributed by atoms with Crippen LogP contribution < -0.4 is 41.8 Å². The maximum Gasteiger partial charge on any atom is 0.333 e. The smallest absolute Gasteiger partial charge is 0.333 e. The molecule has 1 amide bonds. The predicted molar refractivity (Wildman–Crippen MR) is 310 cm³/mol. The number of anilines is 4. The number of aliphatic carboxylic acids is 1. The van der Waals surface area contributed by atoms with Crippen LogP contribution in [0.2, 0.25) is 0 Å². The normalized spacial score (nSPS) is 11.3. The Balaban J connectivity index is 0.000000176. The van der Waals surface area contributed by atoms with E-state index in [0.29, 0.717) is 70.3 Å². The lowest BCUT2D eigenvalue weighted by Gasteiger charge is -2.17. The molecule has 0 aliphatic heterocycles. The van der Waals surface area contributed by atoms with E-state index in [2.05, 4.69) is 64.8 Å². The Morgan fingerprint density at radius 2 is 1.10 bits per heavy atom. The molecule has 27 heteroatoms. The van der Waals surface area contributed by atoms with E-state index in [1.807, 2.05) is 109 Å². The molecule has 0 spiro atoms. The number of carboxylic acids is 1. The van der Waals surface area contributed by atoms with Crippen LogP contribution in [0.1, 0.15) is 32.3 Å². The number of nitrogens with two attached hydrogens (primary N) is 3. The van der Waals surface area contributed by atoms with Crippen LogP contribution in [0.4, 0.5) is 23.3 Å². The van der Waals surface area contributed by atoms with Crippen LogP contribution >= 0.6 is 22.7 Å². The second-order valence-corrected chi connectivity index (χ2v) is 19.5. The molecule has 0 fully saturated rings. The largest absolute Gasteiger partial charge is 0.486 e. The highest BCUT2D eigenvalue weighted by molar-refractivity contribution is 7.19. The van der Waals surface area contributed by atoms with E-state index in [-0.39, 0.29) is 49.7 Å². The van der Waals surface area contributed by atoms with Crippen LogP contribution in [0.3, 0.4) is 0 Å². The van der Waals surface area contributed by atoms with Gasteiger partial charge in [0.15, 0.2) is 11.3 Å². The van der Waals surface area contributed by atoms with Crippen LogP contribution in [-0.2, 0) is 35.9 Å². The number of rotatable bonds is 19. The molecule has 4 aromatic carbocycles. The number of amides is 1. The minimum Gasteiger partial charge on any atom is -0.486 e. The van der Waals surface area contributed by atoms with Gasteiger partial charge >= 0.3 is 5.97 Å². The molecule has 0 bridgehead atoms. The van der Waals surface area contributed by atoms with Gasteiger partial charge in [0.05, 0.1) is 59.4 Å². The SMILES string of the molecule is NCc1ccc(COc2nc(N)nc3nc[nH]c23)cc1.[C-]#[N+]/C(=C\c1nc2ccc(N(C)CCO)cc2s1)C(=O)NCc1ccc(COc2nc(N)nc3nc[nH]c23)cc1.[C-]#[N+]/C(=C\c1nc2ccc(N(C)CCO)cc2s1)C(=O)O. The van der Waals surface area contributed by atoms with Gasteiger partial charge in [0, 0.05) is 51.6 Å². The van der Waals surface area contributed by atoms with Crippen LogP contribution in [0.5, 0.6) is 11.8 Å². The highest BCUT2D eigenvalue weighted by atomic mass is 32.1. The number of carbonyl (C=O) groups excluding carboxylic acids is 1. The van der Waals surface area contributed by atoms with Crippen molar-refractivity contribution in [1.29, 1.82) is 0 Å². The molecule has 6 heterocycles. The number of benzene rings is 4. The number of thiazole rings is 2. The first-order valence-electron chi connectivity index (χ1n) is 24.4. The van der Waals surface area contributed by atoms with E-state index >= 15 is 0 Å². The number of aliphatic hydroxyl groups excluding tert-OH is 2. The molecule has 25 nitrogen and oxygen atoms in total. The Labute approximate surface area is 469 Å². The highest BCUT2D eigenvalue weighted by Crippen LogP contribution is 2.30. The zero-order valence-corrected chi connectivity index (χ0v) is 45.1. The number of nitrogens with zero attached hydrogens (tertiary/aromatic N) is 12. The lowest BCUT2D eigenvalue weighted by atomic mass is 10.1. The summed E-state index contributed by atoms with van der Waals surface area (Å²) in [5, 5.41) is 30.8. The summed E-state index contributed by atoms with van der Waals surface area (Å²) in [6, 6.07) is 26.8. The van der Waals surface area contributed by atoms with Crippen LogP contribution in [0.25, 0.3) is 64.6 Å². The molecule has 0 atom stereocenters. The van der Waals surface area contributed by atoms with Crippen LogP contribution in [0, 0.1) is 13.1 Å². The van der Waals surface area contributed by atoms with Crippen molar-refractivity contribution in [1.82, 2.24) is 55.2 Å². The molecule has 0 aliphatic carbocycles. The Bertz CT molecular complexity index is 3980. The number of aliphatic hydroxyl groups is 2. The van der Waals surface area contributed by atoms with Gasteiger partial charge in [0.2, 0.25) is 23.7 Å². The first-order chi connectivity index (χ1) is 39.2. The zero-order valence-electron chi connectivity index (χ0n) is 43.4. The number of carboxylic acid groups (broad SMARTS) is 1. The van der Waals surface area contributed by atoms with Crippen LogP contribution in [0.15, 0.2) is 109 Å². The van der Waals surface area contributed by atoms with Crippen LogP contribution in [-0.4, -0.2) is 117 Å². The molecule has 0 saturated carbocycles. The van der Waals surface area contributed by atoms with Gasteiger partial charge in [-0.2, -0.15) is 19.9 Å². The van der Waals surface area contributed by atoms with Crippen molar-refractivity contribution in [2.24, 2.45) is 5.73 Å². The molecular weight excluding hydrogens is 1080 g/mol. The Morgan fingerprint density at radius 1 is 0.654 bits per heavy atom. The highest BCUT2D eigenvalue weighted by Gasteiger charge is 2.16. The topological polar surface area (TPSA) is 353 Å². The third kappa shape index (κ3) is 14.9. The molecule has 0 unspecified atom stereocenters. The maximum atomic E-state index is 12.7. The molecule has 6 aromatic heterocycles. The summed E-state index contributed by atoms with van der Waals surface area (Å²) in [5.74, 6) is -0.807. The van der Waals surface area contributed by atoms with Gasteiger partial charge in [-0.15, -0.1) is 22.7 Å². The fourth-order valence-corrected chi connectivity index (χ4v) is 9.37. The molecule has 0 radical (unpaired) electrons. The predicted octanol–water partition coefficient (Wildman–Crippen LogP) is 6.17. The average molecular weight is 1130 g/mol. The number of H-pyrrole nitrogens is 2. The number of aromatic amines is 2. The number of nitrogens with one attached hydrogen (secondary N) is 3. The molecule has 10 rings (SSSR count). The second kappa shape index (κ2) is 26.9. The summed E-state index contributed by atoms with van der Waals surface area (Å²) < 4.78 is 13.3. The van der Waals surface area contributed by atoms with Crippen molar-refractivity contribution >= 4 is 113 Å². The number of hydrogen-bond donors (Lipinski definition) is 9. The zero-order chi connectivity index (χ0) is 57.4. The van der Waals surface area contributed by atoms with Crippen molar-refractivity contribution in [3.05, 3.63) is 164 Å². The number of hydrogen-bond acceptors (Lipinski definition) is 21. The average Bonchev–Trinajstić information content (AvgIpc) is 4.52. The van der Waals surface area contributed by atoms with E-state index in [9.17, 15) is 14.7 Å². The van der Waals surface area contributed by atoms with Gasteiger partial charge in [-0.3, -0.25) is 9.59 Å². The molecule has 412 valence electrons. The van der Waals surface area contributed by atoms with Gasteiger partial charge in [-0.25, -0.2) is 29.6 Å². The van der Waals surface area contributed by atoms with Crippen molar-refractivity contribution in [2.45, 2.75) is 26.3 Å². The third-order valence-corrected chi connectivity index (χ3v) is 13.7. The molecule has 0 aliphatic rings. The molecular formula is C54H52N18O7S2. The standard InChI is InChI=1S/C27H25N9O3S.C14H13N3O3S.C13H14N6O/c1-29-20(12-22-33-19-8-7-18(11-21(19)40-22)36(2)9-10-37)25(38)30-13-16-3-5-17(6-4-16)14-39-26-23-24(32-15-31-23)34-27(28)35-26;1-15-11(14(19)20)8-13-16-10-4-3-9(7-12(10)21-13)17(2)5-6-18;14-5-8-1-3-9(4-2-8)6-20-12-10-11(17-7-16-10)18-13(15)19-12/h3-8,11-12,15,37H,9-10,13-14H2,2H3,(H,30,38)(H3,28,31,32,34,35);3-4,7-8,18H,5-6H2,2H3,(H,19,20);1-4,7H,5-6,14H2,(H3,15,16,17,18,19)/b20-12-;11-8-;. The third-order valence-electron chi connectivity index (χ3n) is 11.8. The van der Waals surface area contributed by atoms with E-state index in [1.54, 1.807) is 0 Å². The quantitative estimate of drug-likeness (QED) is 0.0323. The monoisotopic (exact) mass is 1130 g/mol. The number of carbonyl (C=O) groups is 2. The number of imidazole rings is 2. The van der Waals surface area contributed by atoms with E-state index in [4.69, 9.17) is 50.0 Å². The van der Waals surface area contributed by atoms with E-state index < -0.39 is 11.9 Å². The van der Waals surface area contributed by atoms with E-state index in [1.165, 1.54) is 47.5 Å². The van der Waals surface area contributed by atoms with Crippen molar-refractivity contribution < 1.29 is 34.4 Å². The summed E-state index contributed by atoms with van der Waals surface area (Å²) in [6.45, 7) is 16.9. The van der Waals surface area contributed by atoms with Crippen molar-refractivity contribution in [2.75, 3.05) is 61.7 Å². The minimum absolute atomic E-state index is 0.0454. The van der Waals surface area contributed by atoms with Gasteiger partial charge in [-0.1, -0.05) is 48.5 Å². The summed E-state index contributed by atoms with van der Waals surface area (Å²) in [4.78, 5) is 72.8. The fourth-order valence-electron chi connectivity index (χ4n) is 7.50. The van der Waals surface area contributed by atoms with Crippen molar-refractivity contribution in [3.63, 3.8) is 0 Å². The Morgan fingerprint density at radius 3 is 1.53 bits per heavy atom. The van der Waals surface area contributed by atoms with Crippen molar-refractivity contribution in [3.8, 4) is 11.8 Å². The van der Waals surface area contributed by atoms with Gasteiger partial charge in [0.1, 0.15) is 34.3 Å². The number of nitrogen functional groups attached to an aromatic ring is 2. The number of likely N-dealkylation sites (N-methyl/N-ethyl adjacent to an activating group) is 2. The minimum atomic E-state index is -1.26. The Kier molecular flexibility index (Phi) is 19.0. The first-order valence-corrected chi connectivity index (χ1v) is 26.1. The number of aromatic nitrogens is 10. The summed E-state index contributed by atoms with van der Waals surface area (Å²) in [6.07, 6.45) is 5.80. The number of ether oxygens (including phenoxy) is 2. The van der Waals surface area contributed by atoms with Gasteiger partial charge in [-0.05, 0) is 70.8 Å². The number of fused-ring (bicyclic) bond motifs is 4. The summed E-state index contributed by atoms with van der Waals surface area (Å²) in [7, 11) is 3.78. The maximum absolute atomic E-state index is 12.7. The molecule has 10 aromatic rings. The molecule has 81 heavy (non-hydrogen) atoms. The summed E-state index contributed by atoms with van der Waals surface area (Å²) >= 11 is 2.72. The Hall–Kier alpha value is -10.2. The van der Waals surface area contributed by atoms with Gasteiger partial charge in [0.25, 0.3) is 17.3 Å². The van der Waals surface area contributed by atoms with E-state index in [0.717, 1.165) is 54.1 Å². The lowest BCUT2D eigenvalue weighted by Crippen LogP contribution is -2.23. The second-order valence-electron chi connectivity index (χ2n) is 17.4. The molecule has 12 N–H and O–H groups in total. The first kappa shape index (κ1) is 57.0.